The van der Waals surface area contributed by atoms with Crippen molar-refractivity contribution in [1.82, 2.24) is 5.32 Å². The zero-order chi connectivity index (χ0) is 13.2. The van der Waals surface area contributed by atoms with E-state index in [4.69, 9.17) is 4.74 Å². The molecule has 0 aliphatic heterocycles. The SMILES string of the molecule is CNC1CCCC1Oc1cccc(C(C)(C)C)c1. The number of nitrogens with one attached hydrogen (secondary N) is 1. The van der Waals surface area contributed by atoms with Crippen LogP contribution in [0, 0.1) is 0 Å². The summed E-state index contributed by atoms with van der Waals surface area (Å²) in [6.45, 7) is 6.70. The van der Waals surface area contributed by atoms with Crippen LogP contribution in [0.15, 0.2) is 24.3 Å². The summed E-state index contributed by atoms with van der Waals surface area (Å²) < 4.78 is 6.15. The average Bonchev–Trinajstić information content (AvgIpc) is 2.75. The minimum atomic E-state index is 0.178. The highest BCUT2D eigenvalue weighted by Gasteiger charge is 2.27. The lowest BCUT2D eigenvalue weighted by Gasteiger charge is -2.23. The van der Waals surface area contributed by atoms with Gasteiger partial charge in [-0.2, -0.15) is 0 Å². The van der Waals surface area contributed by atoms with Crippen molar-refractivity contribution in [3.8, 4) is 5.75 Å². The molecule has 2 unspecified atom stereocenters. The zero-order valence-electron chi connectivity index (χ0n) is 12.0. The Hall–Kier alpha value is -1.02. The van der Waals surface area contributed by atoms with E-state index in [9.17, 15) is 0 Å². The largest absolute Gasteiger partial charge is 0.489 e. The Bertz CT molecular complexity index is 394. The fourth-order valence-corrected chi connectivity index (χ4v) is 2.61. The Morgan fingerprint density at radius 3 is 2.67 bits per heavy atom. The number of likely N-dealkylation sites (N-methyl/N-ethyl adjacent to an activating group) is 1. The zero-order valence-corrected chi connectivity index (χ0v) is 12.0. The third-order valence-electron chi connectivity index (χ3n) is 3.81. The van der Waals surface area contributed by atoms with E-state index < -0.39 is 0 Å². The summed E-state index contributed by atoms with van der Waals surface area (Å²) >= 11 is 0. The van der Waals surface area contributed by atoms with E-state index in [-0.39, 0.29) is 5.41 Å². The summed E-state index contributed by atoms with van der Waals surface area (Å²) in [6, 6.07) is 9.03. The van der Waals surface area contributed by atoms with Crippen molar-refractivity contribution < 1.29 is 4.74 Å². The first-order valence-electron chi connectivity index (χ1n) is 6.95. The maximum Gasteiger partial charge on any atom is 0.120 e. The highest BCUT2D eigenvalue weighted by Crippen LogP contribution is 2.29. The van der Waals surface area contributed by atoms with Crippen LogP contribution in [-0.4, -0.2) is 19.2 Å². The van der Waals surface area contributed by atoms with Crippen LogP contribution in [0.5, 0.6) is 5.75 Å². The van der Waals surface area contributed by atoms with Crippen LogP contribution in [0.4, 0.5) is 0 Å². The normalized spacial score (nSPS) is 24.2. The van der Waals surface area contributed by atoms with Crippen molar-refractivity contribution in [2.45, 2.75) is 57.6 Å². The lowest BCUT2D eigenvalue weighted by atomic mass is 9.87. The van der Waals surface area contributed by atoms with E-state index in [2.05, 4.69) is 50.4 Å². The quantitative estimate of drug-likeness (QED) is 0.882. The van der Waals surface area contributed by atoms with Crippen LogP contribution in [0.3, 0.4) is 0 Å². The van der Waals surface area contributed by atoms with E-state index in [1.54, 1.807) is 0 Å². The Morgan fingerprint density at radius 1 is 1.22 bits per heavy atom. The second-order valence-electron chi connectivity index (χ2n) is 6.26. The Morgan fingerprint density at radius 2 is 2.00 bits per heavy atom. The molecular formula is C16H25NO. The molecular weight excluding hydrogens is 222 g/mol. The number of hydrogen-bond donors (Lipinski definition) is 1. The smallest absolute Gasteiger partial charge is 0.120 e. The van der Waals surface area contributed by atoms with Gasteiger partial charge in [0.1, 0.15) is 11.9 Å². The van der Waals surface area contributed by atoms with Gasteiger partial charge >= 0.3 is 0 Å². The first-order valence-corrected chi connectivity index (χ1v) is 6.95. The molecule has 18 heavy (non-hydrogen) atoms. The highest BCUT2D eigenvalue weighted by molar-refractivity contribution is 5.32. The molecule has 0 aromatic heterocycles. The summed E-state index contributed by atoms with van der Waals surface area (Å²) in [6.07, 6.45) is 3.96. The van der Waals surface area contributed by atoms with Gasteiger partial charge in [0, 0.05) is 6.04 Å². The van der Waals surface area contributed by atoms with Crippen molar-refractivity contribution in [1.29, 1.82) is 0 Å². The molecule has 0 saturated heterocycles. The van der Waals surface area contributed by atoms with Gasteiger partial charge in [-0.15, -0.1) is 0 Å². The Labute approximate surface area is 111 Å². The first kappa shape index (κ1) is 13.4. The Kier molecular flexibility index (Phi) is 3.96. The van der Waals surface area contributed by atoms with Gasteiger partial charge in [-0.05, 0) is 49.4 Å². The first-order chi connectivity index (χ1) is 8.50. The van der Waals surface area contributed by atoms with Crippen molar-refractivity contribution in [2.75, 3.05) is 7.05 Å². The van der Waals surface area contributed by atoms with E-state index >= 15 is 0 Å². The maximum absolute atomic E-state index is 6.15. The number of rotatable bonds is 3. The summed E-state index contributed by atoms with van der Waals surface area (Å²) in [4.78, 5) is 0. The molecule has 2 nitrogen and oxygen atoms in total. The van der Waals surface area contributed by atoms with Crippen LogP contribution in [0.2, 0.25) is 0 Å². The van der Waals surface area contributed by atoms with Crippen LogP contribution in [-0.2, 0) is 5.41 Å². The van der Waals surface area contributed by atoms with E-state index in [0.717, 1.165) is 12.2 Å². The number of ether oxygens (including phenoxy) is 1. The van der Waals surface area contributed by atoms with Gasteiger partial charge in [0.15, 0.2) is 0 Å². The molecule has 1 fully saturated rings. The van der Waals surface area contributed by atoms with Crippen LogP contribution >= 0.6 is 0 Å². The summed E-state index contributed by atoms with van der Waals surface area (Å²) in [5, 5.41) is 3.35. The van der Waals surface area contributed by atoms with Crippen LogP contribution in [0.25, 0.3) is 0 Å². The molecule has 2 rings (SSSR count). The van der Waals surface area contributed by atoms with Gasteiger partial charge in [-0.3, -0.25) is 0 Å². The minimum Gasteiger partial charge on any atom is -0.489 e. The van der Waals surface area contributed by atoms with Crippen molar-refractivity contribution >= 4 is 0 Å². The van der Waals surface area contributed by atoms with Gasteiger partial charge in [-0.25, -0.2) is 0 Å². The van der Waals surface area contributed by atoms with Gasteiger partial charge in [-0.1, -0.05) is 32.9 Å². The molecule has 0 heterocycles. The average molecular weight is 247 g/mol. The molecule has 1 aromatic rings. The van der Waals surface area contributed by atoms with Gasteiger partial charge < -0.3 is 10.1 Å². The monoisotopic (exact) mass is 247 g/mol. The molecule has 1 saturated carbocycles. The number of benzene rings is 1. The third-order valence-corrected chi connectivity index (χ3v) is 3.81. The predicted octanol–water partition coefficient (Wildman–Crippen LogP) is 3.50. The Balaban J connectivity index is 2.10. The molecule has 0 amide bonds. The molecule has 0 radical (unpaired) electrons. The van der Waals surface area contributed by atoms with Gasteiger partial charge in [0.2, 0.25) is 0 Å². The minimum absolute atomic E-state index is 0.178. The van der Waals surface area contributed by atoms with E-state index in [1.165, 1.54) is 18.4 Å². The molecule has 1 aliphatic rings. The van der Waals surface area contributed by atoms with Gasteiger partial charge in [0.05, 0.1) is 0 Å². The fourth-order valence-electron chi connectivity index (χ4n) is 2.61. The third kappa shape index (κ3) is 3.05. The van der Waals surface area contributed by atoms with E-state index in [1.807, 2.05) is 7.05 Å². The molecule has 1 aliphatic carbocycles. The number of hydrogen-bond acceptors (Lipinski definition) is 2. The summed E-state index contributed by atoms with van der Waals surface area (Å²) in [7, 11) is 2.03. The molecule has 100 valence electrons. The predicted molar refractivity (Wildman–Crippen MR) is 76.3 cm³/mol. The van der Waals surface area contributed by atoms with Crippen LogP contribution < -0.4 is 10.1 Å². The lowest BCUT2D eigenvalue weighted by Crippen LogP contribution is -2.36. The standard InChI is InChI=1S/C16H25NO/c1-16(2,3)12-7-5-8-13(11-12)18-15-10-6-9-14(15)17-4/h5,7-8,11,14-15,17H,6,9-10H2,1-4H3. The van der Waals surface area contributed by atoms with Crippen molar-refractivity contribution in [3.63, 3.8) is 0 Å². The summed E-state index contributed by atoms with van der Waals surface area (Å²) in [5.74, 6) is 1.01. The van der Waals surface area contributed by atoms with Gasteiger partial charge in [0.25, 0.3) is 0 Å². The molecule has 0 bridgehead atoms. The highest BCUT2D eigenvalue weighted by atomic mass is 16.5. The second kappa shape index (κ2) is 5.31. The van der Waals surface area contributed by atoms with Crippen LogP contribution in [0.1, 0.15) is 45.6 Å². The molecule has 2 heteroatoms. The van der Waals surface area contributed by atoms with Crippen molar-refractivity contribution in [2.24, 2.45) is 0 Å². The second-order valence-corrected chi connectivity index (χ2v) is 6.26. The fraction of sp³-hybridized carbons (Fsp3) is 0.625. The molecule has 2 atom stereocenters. The maximum atomic E-state index is 6.15. The summed E-state index contributed by atoms with van der Waals surface area (Å²) in [5.41, 5.74) is 1.51. The molecule has 0 spiro atoms. The topological polar surface area (TPSA) is 21.3 Å². The molecule has 1 aromatic carbocycles. The lowest BCUT2D eigenvalue weighted by molar-refractivity contribution is 0.178. The van der Waals surface area contributed by atoms with Crippen molar-refractivity contribution in [3.05, 3.63) is 29.8 Å². The van der Waals surface area contributed by atoms with E-state index in [0.29, 0.717) is 12.1 Å². The molecule has 1 N–H and O–H groups in total.